The molecule has 1 aromatic rings. The molecule has 0 saturated carbocycles. The van der Waals surface area contributed by atoms with Crippen LogP contribution in [0.15, 0.2) is 29.3 Å². The van der Waals surface area contributed by atoms with Crippen molar-refractivity contribution in [1.29, 1.82) is 0 Å². The van der Waals surface area contributed by atoms with Gasteiger partial charge in [-0.3, -0.25) is 9.89 Å². The zero-order valence-electron chi connectivity index (χ0n) is 15.5. The van der Waals surface area contributed by atoms with Gasteiger partial charge in [0.05, 0.1) is 0 Å². The lowest BCUT2D eigenvalue weighted by molar-refractivity contribution is 0.152. The standard InChI is InChI=1S/C19H32N4.HI/c1-15(2)22-19(20-4)21-13-17-8-10-18(11-9-17)14-23-12-6-5-7-16(23)3;/h8-11,15-16H,5-7,12-14H2,1-4H3,(H2,20,21,22);1H. The first kappa shape index (κ1) is 21.2. The molecule has 5 heteroatoms. The van der Waals surface area contributed by atoms with Crippen LogP contribution in [0.3, 0.4) is 0 Å². The van der Waals surface area contributed by atoms with Crippen LogP contribution in [-0.4, -0.2) is 36.5 Å². The Balaban J connectivity index is 0.00000288. The number of likely N-dealkylation sites (tertiary alicyclic amines) is 1. The molecule has 1 atom stereocenters. The first-order chi connectivity index (χ1) is 11.1. The Morgan fingerprint density at radius 1 is 1.21 bits per heavy atom. The monoisotopic (exact) mass is 444 g/mol. The van der Waals surface area contributed by atoms with Crippen molar-refractivity contribution in [1.82, 2.24) is 15.5 Å². The van der Waals surface area contributed by atoms with Gasteiger partial charge in [-0.15, -0.1) is 24.0 Å². The largest absolute Gasteiger partial charge is 0.354 e. The van der Waals surface area contributed by atoms with Crippen molar-refractivity contribution in [2.75, 3.05) is 13.6 Å². The summed E-state index contributed by atoms with van der Waals surface area (Å²) in [5.41, 5.74) is 2.69. The van der Waals surface area contributed by atoms with Crippen LogP contribution in [0.2, 0.25) is 0 Å². The summed E-state index contributed by atoms with van der Waals surface area (Å²) < 4.78 is 0. The zero-order valence-corrected chi connectivity index (χ0v) is 17.8. The third-order valence-corrected chi connectivity index (χ3v) is 4.46. The minimum atomic E-state index is 0. The highest BCUT2D eigenvalue weighted by Crippen LogP contribution is 2.19. The summed E-state index contributed by atoms with van der Waals surface area (Å²) in [6.07, 6.45) is 4.06. The molecule has 0 radical (unpaired) electrons. The lowest BCUT2D eigenvalue weighted by Gasteiger charge is -2.33. The fourth-order valence-corrected chi connectivity index (χ4v) is 3.04. The first-order valence-electron chi connectivity index (χ1n) is 8.87. The van der Waals surface area contributed by atoms with E-state index in [0.717, 1.165) is 25.1 Å². The highest BCUT2D eigenvalue weighted by Gasteiger charge is 2.17. The third-order valence-electron chi connectivity index (χ3n) is 4.46. The Kier molecular flexibility index (Phi) is 9.66. The van der Waals surface area contributed by atoms with E-state index in [2.05, 4.69) is 65.6 Å². The first-order valence-corrected chi connectivity index (χ1v) is 8.87. The van der Waals surface area contributed by atoms with E-state index < -0.39 is 0 Å². The topological polar surface area (TPSA) is 39.7 Å². The summed E-state index contributed by atoms with van der Waals surface area (Å²) in [7, 11) is 1.81. The quantitative estimate of drug-likeness (QED) is 0.413. The van der Waals surface area contributed by atoms with E-state index in [1.165, 1.54) is 36.9 Å². The molecule has 0 spiro atoms. The molecule has 4 nitrogen and oxygen atoms in total. The molecule has 0 aliphatic carbocycles. The minimum Gasteiger partial charge on any atom is -0.354 e. The third kappa shape index (κ3) is 6.97. The van der Waals surface area contributed by atoms with Crippen LogP contribution in [0.5, 0.6) is 0 Å². The molecule has 24 heavy (non-hydrogen) atoms. The number of hydrogen-bond donors (Lipinski definition) is 2. The lowest BCUT2D eigenvalue weighted by Crippen LogP contribution is -2.40. The molecule has 1 heterocycles. The highest BCUT2D eigenvalue weighted by molar-refractivity contribution is 14.0. The molecule has 1 saturated heterocycles. The fourth-order valence-electron chi connectivity index (χ4n) is 3.04. The molecule has 0 bridgehead atoms. The molecule has 2 rings (SSSR count). The number of aliphatic imine (C=N–C) groups is 1. The maximum absolute atomic E-state index is 4.23. The van der Waals surface area contributed by atoms with Gasteiger partial charge in [0.25, 0.3) is 0 Å². The smallest absolute Gasteiger partial charge is 0.191 e. The fraction of sp³-hybridized carbons (Fsp3) is 0.632. The number of nitrogens with zero attached hydrogens (tertiary/aromatic N) is 2. The second-order valence-corrected chi connectivity index (χ2v) is 6.86. The summed E-state index contributed by atoms with van der Waals surface area (Å²) in [6, 6.07) is 10.1. The Bertz CT molecular complexity index is 499. The van der Waals surface area contributed by atoms with Crippen LogP contribution >= 0.6 is 24.0 Å². The normalized spacial score (nSPS) is 19.0. The van der Waals surface area contributed by atoms with Gasteiger partial charge in [-0.05, 0) is 51.3 Å². The van der Waals surface area contributed by atoms with E-state index in [-0.39, 0.29) is 24.0 Å². The number of benzene rings is 1. The van der Waals surface area contributed by atoms with E-state index in [0.29, 0.717) is 6.04 Å². The lowest BCUT2D eigenvalue weighted by atomic mass is 10.0. The Morgan fingerprint density at radius 2 is 1.88 bits per heavy atom. The second-order valence-electron chi connectivity index (χ2n) is 6.86. The molecule has 0 amide bonds. The summed E-state index contributed by atoms with van der Waals surface area (Å²) in [5, 5.41) is 6.66. The number of halogens is 1. The molecule has 1 aliphatic heterocycles. The van der Waals surface area contributed by atoms with Gasteiger partial charge in [0.15, 0.2) is 5.96 Å². The second kappa shape index (κ2) is 10.9. The van der Waals surface area contributed by atoms with Gasteiger partial charge >= 0.3 is 0 Å². The van der Waals surface area contributed by atoms with Crippen molar-refractivity contribution in [2.45, 2.75) is 65.2 Å². The molecule has 2 N–H and O–H groups in total. The average molecular weight is 444 g/mol. The van der Waals surface area contributed by atoms with Gasteiger partial charge in [0, 0.05) is 32.2 Å². The Morgan fingerprint density at radius 3 is 2.46 bits per heavy atom. The maximum atomic E-state index is 4.23. The molecule has 1 unspecified atom stereocenters. The highest BCUT2D eigenvalue weighted by atomic mass is 127. The zero-order chi connectivity index (χ0) is 16.7. The van der Waals surface area contributed by atoms with E-state index in [1.807, 2.05) is 0 Å². The van der Waals surface area contributed by atoms with Crippen molar-refractivity contribution in [3.05, 3.63) is 35.4 Å². The number of nitrogens with one attached hydrogen (secondary N) is 2. The van der Waals surface area contributed by atoms with E-state index in [9.17, 15) is 0 Å². The number of piperidine rings is 1. The summed E-state index contributed by atoms with van der Waals surface area (Å²) in [4.78, 5) is 6.84. The van der Waals surface area contributed by atoms with E-state index in [4.69, 9.17) is 0 Å². The van der Waals surface area contributed by atoms with Crippen LogP contribution in [-0.2, 0) is 13.1 Å². The number of hydrogen-bond acceptors (Lipinski definition) is 2. The van der Waals surface area contributed by atoms with Gasteiger partial charge in [-0.1, -0.05) is 30.7 Å². The molecule has 0 aromatic heterocycles. The summed E-state index contributed by atoms with van der Waals surface area (Å²) in [6.45, 7) is 9.69. The van der Waals surface area contributed by atoms with E-state index in [1.54, 1.807) is 7.05 Å². The van der Waals surface area contributed by atoms with Crippen LogP contribution in [0.1, 0.15) is 51.2 Å². The maximum Gasteiger partial charge on any atom is 0.191 e. The molecular formula is C19H33IN4. The van der Waals surface area contributed by atoms with Gasteiger partial charge in [0.1, 0.15) is 0 Å². The average Bonchev–Trinajstić information content (AvgIpc) is 2.54. The van der Waals surface area contributed by atoms with Crippen molar-refractivity contribution in [2.24, 2.45) is 4.99 Å². The van der Waals surface area contributed by atoms with Gasteiger partial charge < -0.3 is 10.6 Å². The van der Waals surface area contributed by atoms with Crippen molar-refractivity contribution >= 4 is 29.9 Å². The Hall–Kier alpha value is -0.820. The summed E-state index contributed by atoms with van der Waals surface area (Å²) >= 11 is 0. The predicted molar refractivity (Wildman–Crippen MR) is 114 cm³/mol. The summed E-state index contributed by atoms with van der Waals surface area (Å²) in [5.74, 6) is 0.853. The van der Waals surface area contributed by atoms with Crippen LogP contribution in [0.4, 0.5) is 0 Å². The molecule has 1 aliphatic rings. The van der Waals surface area contributed by atoms with Crippen LogP contribution in [0, 0.1) is 0 Å². The van der Waals surface area contributed by atoms with Gasteiger partial charge in [-0.25, -0.2) is 0 Å². The number of rotatable bonds is 5. The molecule has 1 fully saturated rings. The van der Waals surface area contributed by atoms with Crippen LogP contribution in [0.25, 0.3) is 0 Å². The van der Waals surface area contributed by atoms with Gasteiger partial charge in [0.2, 0.25) is 0 Å². The minimum absolute atomic E-state index is 0. The number of guanidine groups is 1. The molecule has 1 aromatic carbocycles. The molecular weight excluding hydrogens is 411 g/mol. The SMILES string of the molecule is CN=C(NCc1ccc(CN2CCCCC2C)cc1)NC(C)C.I. The van der Waals surface area contributed by atoms with Crippen molar-refractivity contribution in [3.63, 3.8) is 0 Å². The van der Waals surface area contributed by atoms with Gasteiger partial charge in [-0.2, -0.15) is 0 Å². The van der Waals surface area contributed by atoms with Crippen LogP contribution < -0.4 is 10.6 Å². The van der Waals surface area contributed by atoms with Crippen molar-refractivity contribution < 1.29 is 0 Å². The molecule has 136 valence electrons. The predicted octanol–water partition coefficient (Wildman–Crippen LogP) is 3.75. The Labute approximate surface area is 164 Å². The van der Waals surface area contributed by atoms with Crippen molar-refractivity contribution in [3.8, 4) is 0 Å². The van der Waals surface area contributed by atoms with E-state index >= 15 is 0 Å².